The zero-order chi connectivity index (χ0) is 15.1. The van der Waals surface area contributed by atoms with Crippen molar-refractivity contribution in [2.24, 2.45) is 5.92 Å². The predicted octanol–water partition coefficient (Wildman–Crippen LogP) is 1.54. The third-order valence-corrected chi connectivity index (χ3v) is 4.45. The maximum atomic E-state index is 11.7. The van der Waals surface area contributed by atoms with Crippen LogP contribution in [-0.2, 0) is 4.79 Å². The van der Waals surface area contributed by atoms with Crippen molar-refractivity contribution in [2.45, 2.75) is 38.2 Å². The average Bonchev–Trinajstić information content (AvgIpc) is 2.99. The van der Waals surface area contributed by atoms with E-state index in [4.69, 9.17) is 0 Å². The summed E-state index contributed by atoms with van der Waals surface area (Å²) in [5, 5.41) is 18.8. The normalized spacial score (nSPS) is 21.8. The Morgan fingerprint density at radius 2 is 2.19 bits per heavy atom. The van der Waals surface area contributed by atoms with Gasteiger partial charge >= 0.3 is 0 Å². The van der Waals surface area contributed by atoms with E-state index < -0.39 is 0 Å². The molecule has 0 bridgehead atoms. The number of aliphatic hydroxyl groups is 1. The van der Waals surface area contributed by atoms with E-state index in [0.29, 0.717) is 24.6 Å². The summed E-state index contributed by atoms with van der Waals surface area (Å²) in [5.41, 5.74) is 0.636. The lowest BCUT2D eigenvalue weighted by molar-refractivity contribution is -0.121. The van der Waals surface area contributed by atoms with E-state index in [1.807, 2.05) is 5.38 Å². The minimum absolute atomic E-state index is 0.0549. The van der Waals surface area contributed by atoms with Crippen LogP contribution in [0.15, 0.2) is 16.8 Å². The van der Waals surface area contributed by atoms with Gasteiger partial charge in [-0.1, -0.05) is 6.42 Å². The maximum absolute atomic E-state index is 11.7. The smallest absolute Gasteiger partial charge is 0.252 e. The monoisotopic (exact) mass is 310 g/mol. The second kappa shape index (κ2) is 8.14. The van der Waals surface area contributed by atoms with Crippen molar-refractivity contribution >= 4 is 23.2 Å². The van der Waals surface area contributed by atoms with E-state index in [1.54, 1.807) is 11.4 Å². The molecule has 0 saturated heterocycles. The predicted molar refractivity (Wildman–Crippen MR) is 82.2 cm³/mol. The molecule has 1 aromatic heterocycles. The highest BCUT2D eigenvalue weighted by Crippen LogP contribution is 2.23. The summed E-state index contributed by atoms with van der Waals surface area (Å²) in [7, 11) is 0. The summed E-state index contributed by atoms with van der Waals surface area (Å²) in [6.07, 6.45) is 3.80. The standard InChI is InChI=1S/C15H22N2O3S/c18-13-3-1-2-11(8-13)9-17-14(19)4-6-16-15(20)12-5-7-21-10-12/h5,7,10-11,13,18H,1-4,6,8-9H2,(H,16,20)(H,17,19). The molecule has 1 fully saturated rings. The molecule has 0 spiro atoms. The highest BCUT2D eigenvalue weighted by atomic mass is 32.1. The number of carbonyl (C=O) groups excluding carboxylic acids is 2. The molecule has 1 heterocycles. The largest absolute Gasteiger partial charge is 0.393 e. The molecule has 6 heteroatoms. The second-order valence-corrected chi connectivity index (χ2v) is 6.29. The Morgan fingerprint density at radius 1 is 1.33 bits per heavy atom. The minimum Gasteiger partial charge on any atom is -0.393 e. The molecular weight excluding hydrogens is 288 g/mol. The Bertz CT molecular complexity index is 461. The third-order valence-electron chi connectivity index (χ3n) is 3.76. The Kier molecular flexibility index (Phi) is 6.20. The lowest BCUT2D eigenvalue weighted by atomic mass is 9.87. The van der Waals surface area contributed by atoms with Crippen LogP contribution >= 0.6 is 11.3 Å². The second-order valence-electron chi connectivity index (χ2n) is 5.51. The zero-order valence-corrected chi connectivity index (χ0v) is 12.8. The number of amides is 2. The van der Waals surface area contributed by atoms with Gasteiger partial charge in [0, 0.05) is 30.5 Å². The average molecular weight is 310 g/mol. The van der Waals surface area contributed by atoms with Crippen molar-refractivity contribution in [1.29, 1.82) is 0 Å². The van der Waals surface area contributed by atoms with E-state index in [2.05, 4.69) is 10.6 Å². The Labute approximate surface area is 128 Å². The first-order chi connectivity index (χ1) is 10.1. The first-order valence-electron chi connectivity index (χ1n) is 7.40. The number of nitrogens with one attached hydrogen (secondary N) is 2. The molecule has 2 unspecified atom stereocenters. The fourth-order valence-corrected chi connectivity index (χ4v) is 3.22. The summed E-state index contributed by atoms with van der Waals surface area (Å²) in [4.78, 5) is 23.4. The number of aliphatic hydroxyl groups excluding tert-OH is 1. The van der Waals surface area contributed by atoms with E-state index in [-0.39, 0.29) is 24.3 Å². The molecule has 0 radical (unpaired) electrons. The summed E-state index contributed by atoms with van der Waals surface area (Å²) in [6, 6.07) is 1.76. The molecule has 116 valence electrons. The molecule has 3 N–H and O–H groups in total. The number of hydrogen-bond acceptors (Lipinski definition) is 4. The molecule has 0 aromatic carbocycles. The summed E-state index contributed by atoms with van der Waals surface area (Å²) in [6.45, 7) is 0.960. The van der Waals surface area contributed by atoms with E-state index >= 15 is 0 Å². The molecule has 1 aromatic rings. The lowest BCUT2D eigenvalue weighted by Crippen LogP contribution is -2.35. The van der Waals surface area contributed by atoms with Crippen LogP contribution < -0.4 is 10.6 Å². The SMILES string of the molecule is O=C(CCNC(=O)c1ccsc1)NCC1CCCC(O)C1. The highest BCUT2D eigenvalue weighted by molar-refractivity contribution is 7.08. The summed E-state index contributed by atoms with van der Waals surface area (Å²) < 4.78 is 0. The van der Waals surface area contributed by atoms with Crippen LogP contribution in [-0.4, -0.2) is 36.1 Å². The van der Waals surface area contributed by atoms with Gasteiger partial charge < -0.3 is 15.7 Å². The molecule has 1 saturated carbocycles. The Balaban J connectivity index is 1.58. The molecule has 2 amide bonds. The van der Waals surface area contributed by atoms with Gasteiger partial charge in [0.1, 0.15) is 0 Å². The van der Waals surface area contributed by atoms with Crippen molar-refractivity contribution in [1.82, 2.24) is 10.6 Å². The van der Waals surface area contributed by atoms with Gasteiger partial charge in [0.15, 0.2) is 0 Å². The first kappa shape index (κ1) is 16.0. The first-order valence-corrected chi connectivity index (χ1v) is 8.34. The number of carbonyl (C=O) groups is 2. The van der Waals surface area contributed by atoms with Crippen LogP contribution in [0.1, 0.15) is 42.5 Å². The van der Waals surface area contributed by atoms with Gasteiger partial charge in [0.05, 0.1) is 6.10 Å². The van der Waals surface area contributed by atoms with Gasteiger partial charge in [0.25, 0.3) is 5.91 Å². The van der Waals surface area contributed by atoms with Gasteiger partial charge in [-0.15, -0.1) is 0 Å². The van der Waals surface area contributed by atoms with Gasteiger partial charge in [-0.2, -0.15) is 11.3 Å². The van der Waals surface area contributed by atoms with Crippen LogP contribution in [0.3, 0.4) is 0 Å². The number of thiophene rings is 1. The van der Waals surface area contributed by atoms with Crippen LogP contribution in [0.5, 0.6) is 0 Å². The summed E-state index contributed by atoms with van der Waals surface area (Å²) >= 11 is 1.47. The van der Waals surface area contributed by atoms with Gasteiger partial charge in [0.2, 0.25) is 5.91 Å². The van der Waals surface area contributed by atoms with Crippen LogP contribution in [0.4, 0.5) is 0 Å². The van der Waals surface area contributed by atoms with Crippen molar-refractivity contribution < 1.29 is 14.7 Å². The zero-order valence-electron chi connectivity index (χ0n) is 12.0. The van der Waals surface area contributed by atoms with Crippen LogP contribution in [0.25, 0.3) is 0 Å². The molecule has 2 atom stereocenters. The molecule has 2 rings (SSSR count). The van der Waals surface area contributed by atoms with Gasteiger partial charge in [-0.05, 0) is 36.6 Å². The fourth-order valence-electron chi connectivity index (χ4n) is 2.58. The van der Waals surface area contributed by atoms with Crippen molar-refractivity contribution in [3.8, 4) is 0 Å². The van der Waals surface area contributed by atoms with Gasteiger partial charge in [-0.3, -0.25) is 9.59 Å². The highest BCUT2D eigenvalue weighted by Gasteiger charge is 2.20. The van der Waals surface area contributed by atoms with E-state index in [9.17, 15) is 14.7 Å². The van der Waals surface area contributed by atoms with Crippen molar-refractivity contribution in [2.75, 3.05) is 13.1 Å². The molecule has 21 heavy (non-hydrogen) atoms. The quantitative estimate of drug-likeness (QED) is 0.746. The molecular formula is C15H22N2O3S. The van der Waals surface area contributed by atoms with Gasteiger partial charge in [-0.25, -0.2) is 0 Å². The fraction of sp³-hybridized carbons (Fsp3) is 0.600. The maximum Gasteiger partial charge on any atom is 0.252 e. The van der Waals surface area contributed by atoms with Crippen molar-refractivity contribution in [3.05, 3.63) is 22.4 Å². The Hall–Kier alpha value is -1.40. The lowest BCUT2D eigenvalue weighted by Gasteiger charge is -2.25. The van der Waals surface area contributed by atoms with E-state index in [1.165, 1.54) is 11.3 Å². The molecule has 1 aliphatic carbocycles. The number of rotatable bonds is 6. The van der Waals surface area contributed by atoms with Crippen LogP contribution in [0.2, 0.25) is 0 Å². The minimum atomic E-state index is -0.217. The molecule has 1 aliphatic rings. The molecule has 0 aliphatic heterocycles. The van der Waals surface area contributed by atoms with Crippen LogP contribution in [0, 0.1) is 5.92 Å². The topological polar surface area (TPSA) is 78.4 Å². The number of hydrogen-bond donors (Lipinski definition) is 3. The third kappa shape index (κ3) is 5.47. The Morgan fingerprint density at radius 3 is 2.90 bits per heavy atom. The van der Waals surface area contributed by atoms with E-state index in [0.717, 1.165) is 25.7 Å². The summed E-state index contributed by atoms with van der Waals surface area (Å²) in [5.74, 6) is 0.179. The van der Waals surface area contributed by atoms with Crippen molar-refractivity contribution in [3.63, 3.8) is 0 Å². The molecule has 5 nitrogen and oxygen atoms in total.